The van der Waals surface area contributed by atoms with Gasteiger partial charge in [-0.1, -0.05) is 6.92 Å². The lowest BCUT2D eigenvalue weighted by Gasteiger charge is -2.37. The summed E-state index contributed by atoms with van der Waals surface area (Å²) in [6, 6.07) is 2.84. The summed E-state index contributed by atoms with van der Waals surface area (Å²) < 4.78 is 28.2. The highest BCUT2D eigenvalue weighted by Crippen LogP contribution is 2.28. The highest BCUT2D eigenvalue weighted by atomic mass is 19.1. The van der Waals surface area contributed by atoms with E-state index in [1.807, 2.05) is 0 Å². The molecule has 1 aliphatic rings. The number of piperidine rings is 1. The molecule has 0 bridgehead atoms. The molecule has 1 aromatic rings. The van der Waals surface area contributed by atoms with Crippen LogP contribution in [0, 0.1) is 11.6 Å². The van der Waals surface area contributed by atoms with Crippen molar-refractivity contribution in [3.63, 3.8) is 0 Å². The minimum Gasteiger partial charge on any atom is -0.367 e. The molecule has 0 saturated carbocycles. The molecule has 0 spiro atoms. The smallest absolute Gasteiger partial charge is 0.149 e. The molecule has 0 atom stereocenters. The lowest BCUT2D eigenvalue weighted by atomic mass is 10.0. The van der Waals surface area contributed by atoms with Gasteiger partial charge in [-0.05, 0) is 37.1 Å². The molecule has 0 unspecified atom stereocenters. The van der Waals surface area contributed by atoms with Gasteiger partial charge in [-0.3, -0.25) is 0 Å². The van der Waals surface area contributed by atoms with Crippen molar-refractivity contribution in [2.24, 2.45) is 5.73 Å². The molecule has 1 heterocycles. The third-order valence-corrected chi connectivity index (χ3v) is 4.22. The van der Waals surface area contributed by atoms with Crippen molar-refractivity contribution in [1.82, 2.24) is 4.90 Å². The molecule has 1 aliphatic heterocycles. The fraction of sp³-hybridized carbons (Fsp3) is 0.600. The van der Waals surface area contributed by atoms with E-state index in [9.17, 15) is 8.78 Å². The van der Waals surface area contributed by atoms with E-state index in [4.69, 9.17) is 5.73 Å². The van der Waals surface area contributed by atoms with Gasteiger partial charge in [0, 0.05) is 32.7 Å². The van der Waals surface area contributed by atoms with Crippen LogP contribution in [0.15, 0.2) is 12.1 Å². The number of hydrogen-bond donors (Lipinski definition) is 1. The van der Waals surface area contributed by atoms with Crippen molar-refractivity contribution >= 4 is 5.69 Å². The summed E-state index contributed by atoms with van der Waals surface area (Å²) in [4.78, 5) is 4.10. The van der Waals surface area contributed by atoms with E-state index in [2.05, 4.69) is 11.8 Å². The standard InChI is InChI=1S/C15H23F2N3/c1-3-20-6-4-12(5-7-20)19(2)15-13(16)8-11(10-18)9-14(15)17/h8-9,12H,3-7,10,18H2,1-2H3. The Morgan fingerprint density at radius 2 is 1.80 bits per heavy atom. The maximum atomic E-state index is 14.1. The Morgan fingerprint density at radius 3 is 2.25 bits per heavy atom. The molecule has 1 saturated heterocycles. The van der Waals surface area contributed by atoms with Crippen molar-refractivity contribution < 1.29 is 8.78 Å². The zero-order valence-corrected chi connectivity index (χ0v) is 12.2. The zero-order valence-electron chi connectivity index (χ0n) is 12.2. The number of nitrogens with two attached hydrogens (primary N) is 1. The van der Waals surface area contributed by atoms with E-state index < -0.39 is 11.6 Å². The van der Waals surface area contributed by atoms with Crippen LogP contribution in [0.4, 0.5) is 14.5 Å². The monoisotopic (exact) mass is 283 g/mol. The summed E-state index contributed by atoms with van der Waals surface area (Å²) >= 11 is 0. The van der Waals surface area contributed by atoms with Gasteiger partial charge in [0.2, 0.25) is 0 Å². The van der Waals surface area contributed by atoms with Crippen LogP contribution in [-0.4, -0.2) is 37.6 Å². The molecule has 2 rings (SSSR count). The summed E-state index contributed by atoms with van der Waals surface area (Å²) in [6.45, 7) is 5.28. The molecule has 0 amide bonds. The highest BCUT2D eigenvalue weighted by Gasteiger charge is 2.25. The Bertz CT molecular complexity index is 433. The predicted molar refractivity (Wildman–Crippen MR) is 77.8 cm³/mol. The average molecular weight is 283 g/mol. The van der Waals surface area contributed by atoms with Gasteiger partial charge in [0.25, 0.3) is 0 Å². The fourth-order valence-electron chi connectivity index (χ4n) is 2.88. The Hall–Kier alpha value is -1.20. The van der Waals surface area contributed by atoms with Crippen LogP contribution >= 0.6 is 0 Å². The average Bonchev–Trinajstić information content (AvgIpc) is 2.46. The third kappa shape index (κ3) is 3.10. The van der Waals surface area contributed by atoms with Crippen molar-refractivity contribution in [2.75, 3.05) is 31.6 Å². The number of hydrogen-bond acceptors (Lipinski definition) is 3. The van der Waals surface area contributed by atoms with Gasteiger partial charge >= 0.3 is 0 Å². The van der Waals surface area contributed by atoms with Gasteiger partial charge in [-0.2, -0.15) is 0 Å². The largest absolute Gasteiger partial charge is 0.367 e. The Labute approximate surface area is 119 Å². The van der Waals surface area contributed by atoms with Crippen molar-refractivity contribution in [1.29, 1.82) is 0 Å². The number of rotatable bonds is 4. The molecule has 0 aromatic heterocycles. The number of benzene rings is 1. The van der Waals surface area contributed by atoms with Gasteiger partial charge in [-0.15, -0.1) is 0 Å². The zero-order chi connectivity index (χ0) is 14.7. The topological polar surface area (TPSA) is 32.5 Å². The quantitative estimate of drug-likeness (QED) is 0.920. The first-order valence-electron chi connectivity index (χ1n) is 7.20. The van der Waals surface area contributed by atoms with E-state index in [-0.39, 0.29) is 18.3 Å². The molecule has 112 valence electrons. The van der Waals surface area contributed by atoms with E-state index in [0.717, 1.165) is 32.5 Å². The van der Waals surface area contributed by atoms with E-state index in [1.165, 1.54) is 12.1 Å². The second-order valence-corrected chi connectivity index (χ2v) is 5.39. The summed E-state index contributed by atoms with van der Waals surface area (Å²) in [5.41, 5.74) is 5.99. The van der Waals surface area contributed by atoms with Crippen LogP contribution in [0.2, 0.25) is 0 Å². The molecule has 2 N–H and O–H groups in total. The van der Waals surface area contributed by atoms with E-state index in [1.54, 1.807) is 11.9 Å². The summed E-state index contributed by atoms with van der Waals surface area (Å²) in [5.74, 6) is -1.04. The van der Waals surface area contributed by atoms with E-state index in [0.29, 0.717) is 5.56 Å². The van der Waals surface area contributed by atoms with Crippen LogP contribution < -0.4 is 10.6 Å². The molecular weight excluding hydrogens is 260 g/mol. The van der Waals surface area contributed by atoms with Crippen molar-refractivity contribution in [3.8, 4) is 0 Å². The van der Waals surface area contributed by atoms with Crippen LogP contribution in [0.5, 0.6) is 0 Å². The first-order valence-corrected chi connectivity index (χ1v) is 7.20. The first-order chi connectivity index (χ1) is 9.56. The summed E-state index contributed by atoms with van der Waals surface area (Å²) in [7, 11) is 1.77. The molecule has 3 nitrogen and oxygen atoms in total. The second-order valence-electron chi connectivity index (χ2n) is 5.39. The van der Waals surface area contributed by atoms with Gasteiger partial charge in [0.1, 0.15) is 17.3 Å². The lowest BCUT2D eigenvalue weighted by molar-refractivity contribution is 0.220. The maximum Gasteiger partial charge on any atom is 0.149 e. The van der Waals surface area contributed by atoms with Crippen LogP contribution in [0.3, 0.4) is 0 Å². The minimum atomic E-state index is -0.522. The molecule has 0 radical (unpaired) electrons. The molecular formula is C15H23F2N3. The Kier molecular flexibility index (Phi) is 4.94. The molecule has 20 heavy (non-hydrogen) atoms. The second kappa shape index (κ2) is 6.50. The first kappa shape index (κ1) is 15.2. The fourth-order valence-corrected chi connectivity index (χ4v) is 2.88. The number of likely N-dealkylation sites (tertiary alicyclic amines) is 1. The van der Waals surface area contributed by atoms with Gasteiger partial charge in [0.05, 0.1) is 0 Å². The van der Waals surface area contributed by atoms with Gasteiger partial charge in [0.15, 0.2) is 0 Å². The van der Waals surface area contributed by atoms with Crippen molar-refractivity contribution in [3.05, 3.63) is 29.3 Å². The van der Waals surface area contributed by atoms with E-state index >= 15 is 0 Å². The van der Waals surface area contributed by atoms with Crippen LogP contribution in [0.25, 0.3) is 0 Å². The molecule has 0 aliphatic carbocycles. The van der Waals surface area contributed by atoms with Crippen LogP contribution in [-0.2, 0) is 6.54 Å². The van der Waals surface area contributed by atoms with Crippen molar-refractivity contribution in [2.45, 2.75) is 32.4 Å². The third-order valence-electron chi connectivity index (χ3n) is 4.22. The molecule has 5 heteroatoms. The minimum absolute atomic E-state index is 0.0668. The van der Waals surface area contributed by atoms with Gasteiger partial charge in [-0.25, -0.2) is 8.78 Å². The Balaban J connectivity index is 2.15. The number of halogens is 2. The summed E-state index contributed by atoms with van der Waals surface area (Å²) in [6.07, 6.45) is 1.86. The number of anilines is 1. The van der Waals surface area contributed by atoms with Crippen LogP contribution in [0.1, 0.15) is 25.3 Å². The SMILES string of the molecule is CCN1CCC(N(C)c2c(F)cc(CN)cc2F)CC1. The molecule has 1 aromatic carbocycles. The predicted octanol–water partition coefficient (Wildman–Crippen LogP) is 2.34. The normalized spacial score (nSPS) is 17.4. The summed E-state index contributed by atoms with van der Waals surface area (Å²) in [5, 5.41) is 0. The maximum absolute atomic E-state index is 14.1. The van der Waals surface area contributed by atoms with Gasteiger partial charge < -0.3 is 15.5 Å². The number of nitrogens with zero attached hydrogens (tertiary/aromatic N) is 2. The Morgan fingerprint density at radius 1 is 1.25 bits per heavy atom. The lowest BCUT2D eigenvalue weighted by Crippen LogP contribution is -2.43. The molecule has 1 fully saturated rings. The highest BCUT2D eigenvalue weighted by molar-refractivity contribution is 5.51.